The van der Waals surface area contributed by atoms with Crippen LogP contribution in [0.2, 0.25) is 0 Å². The molecule has 0 atom stereocenters. The number of amides is 1. The second-order valence-electron chi connectivity index (χ2n) is 3.94. The Balaban J connectivity index is 2.32. The van der Waals surface area contributed by atoms with Crippen molar-refractivity contribution in [2.45, 2.75) is 0 Å². The minimum atomic E-state index is -0.445. The van der Waals surface area contributed by atoms with E-state index in [4.69, 9.17) is 0 Å². The number of phenols is 2. The lowest BCUT2D eigenvalue weighted by molar-refractivity contribution is 0.102. The van der Waals surface area contributed by atoms with Crippen molar-refractivity contribution in [2.24, 2.45) is 0 Å². The summed E-state index contributed by atoms with van der Waals surface area (Å²) in [6.45, 7) is 0. The van der Waals surface area contributed by atoms with Crippen LogP contribution in [-0.2, 0) is 0 Å². The highest BCUT2D eigenvalue weighted by atomic mass is 79.9. The number of hydrogen-bond donors (Lipinski definition) is 3. The zero-order chi connectivity index (χ0) is 14.9. The van der Waals surface area contributed by atoms with Crippen LogP contribution in [0.3, 0.4) is 0 Å². The first-order valence-corrected chi connectivity index (χ1v) is 7.73. The molecule has 0 bridgehead atoms. The summed E-state index contributed by atoms with van der Waals surface area (Å²) in [6, 6.07) is 7.29. The van der Waals surface area contributed by atoms with E-state index in [-0.39, 0.29) is 17.1 Å². The number of phenolic OH excluding ortho intramolecular Hbond substituents is 2. The van der Waals surface area contributed by atoms with Crippen LogP contribution in [-0.4, -0.2) is 16.1 Å². The average molecular weight is 466 g/mol. The summed E-state index contributed by atoms with van der Waals surface area (Å²) in [5, 5.41) is 21.5. The Labute approximate surface area is 140 Å². The lowest BCUT2D eigenvalue weighted by atomic mass is 10.2. The molecular weight excluding hydrogens is 458 g/mol. The van der Waals surface area contributed by atoms with Crippen molar-refractivity contribution < 1.29 is 15.0 Å². The SMILES string of the molecule is O=C(Nc1c(Br)cc(Br)cc1Br)c1cc(O)cc(O)c1. The molecule has 3 N–H and O–H groups in total. The maximum Gasteiger partial charge on any atom is 0.255 e. The second-order valence-corrected chi connectivity index (χ2v) is 6.56. The summed E-state index contributed by atoms with van der Waals surface area (Å²) in [6.07, 6.45) is 0. The standard InChI is InChI=1S/C13H8Br3NO3/c14-7-3-10(15)12(11(16)4-7)17-13(20)6-1-8(18)5-9(19)2-6/h1-5,18-19H,(H,17,20). The Hall–Kier alpha value is -1.05. The molecule has 20 heavy (non-hydrogen) atoms. The molecule has 0 aliphatic carbocycles. The molecule has 0 spiro atoms. The Morgan fingerprint density at radius 3 is 1.90 bits per heavy atom. The van der Waals surface area contributed by atoms with E-state index in [9.17, 15) is 15.0 Å². The normalized spacial score (nSPS) is 10.3. The number of aromatic hydroxyl groups is 2. The quantitative estimate of drug-likeness (QED) is 0.605. The van der Waals surface area contributed by atoms with Gasteiger partial charge in [0.05, 0.1) is 5.69 Å². The number of carbonyl (C=O) groups is 1. The van der Waals surface area contributed by atoms with E-state index in [1.165, 1.54) is 12.1 Å². The van der Waals surface area contributed by atoms with Gasteiger partial charge in [-0.15, -0.1) is 0 Å². The largest absolute Gasteiger partial charge is 0.508 e. The number of halogens is 3. The molecule has 7 heteroatoms. The summed E-state index contributed by atoms with van der Waals surface area (Å²) in [5.74, 6) is -0.798. The first-order valence-electron chi connectivity index (χ1n) is 5.36. The molecule has 2 aromatic carbocycles. The third kappa shape index (κ3) is 3.53. The average Bonchev–Trinajstić information content (AvgIpc) is 2.32. The molecule has 104 valence electrons. The van der Waals surface area contributed by atoms with E-state index >= 15 is 0 Å². The van der Waals surface area contributed by atoms with Crippen molar-refractivity contribution in [3.05, 3.63) is 49.3 Å². The van der Waals surface area contributed by atoms with E-state index in [2.05, 4.69) is 53.1 Å². The van der Waals surface area contributed by atoms with E-state index in [1.807, 2.05) is 0 Å². The van der Waals surface area contributed by atoms with Crippen LogP contribution in [0.4, 0.5) is 5.69 Å². The maximum atomic E-state index is 12.1. The molecule has 0 aliphatic heterocycles. The number of rotatable bonds is 2. The molecule has 0 aliphatic rings. The van der Waals surface area contributed by atoms with E-state index in [0.717, 1.165) is 10.5 Å². The van der Waals surface area contributed by atoms with Gasteiger partial charge in [-0.1, -0.05) is 15.9 Å². The molecule has 4 nitrogen and oxygen atoms in total. The van der Waals surface area contributed by atoms with Crippen LogP contribution in [0.25, 0.3) is 0 Å². The Bertz CT molecular complexity index is 645. The molecule has 0 saturated heterocycles. The third-order valence-electron chi connectivity index (χ3n) is 2.41. The topological polar surface area (TPSA) is 69.6 Å². The Morgan fingerprint density at radius 2 is 1.40 bits per heavy atom. The number of nitrogens with one attached hydrogen (secondary N) is 1. The van der Waals surface area contributed by atoms with Crippen LogP contribution in [0, 0.1) is 0 Å². The minimum absolute atomic E-state index is 0.157. The fourth-order valence-electron chi connectivity index (χ4n) is 1.57. The van der Waals surface area contributed by atoms with Gasteiger partial charge < -0.3 is 15.5 Å². The van der Waals surface area contributed by atoms with Crippen molar-refractivity contribution >= 4 is 59.4 Å². The van der Waals surface area contributed by atoms with Crippen LogP contribution in [0.15, 0.2) is 43.7 Å². The summed E-state index contributed by atoms with van der Waals surface area (Å²) in [7, 11) is 0. The lowest BCUT2D eigenvalue weighted by Crippen LogP contribution is -2.12. The minimum Gasteiger partial charge on any atom is -0.508 e. The van der Waals surface area contributed by atoms with Crippen LogP contribution >= 0.6 is 47.8 Å². The molecule has 0 aromatic heterocycles. The molecule has 1 amide bonds. The highest BCUT2D eigenvalue weighted by molar-refractivity contribution is 9.11. The predicted molar refractivity (Wildman–Crippen MR) is 87.3 cm³/mol. The van der Waals surface area contributed by atoms with E-state index < -0.39 is 5.91 Å². The van der Waals surface area contributed by atoms with E-state index in [0.29, 0.717) is 14.6 Å². The molecule has 0 unspecified atom stereocenters. The molecule has 2 aromatic rings. The van der Waals surface area contributed by atoms with Crippen molar-refractivity contribution in [3.8, 4) is 11.5 Å². The first kappa shape index (κ1) is 15.3. The molecule has 0 heterocycles. The summed E-state index contributed by atoms with van der Waals surface area (Å²) in [5.41, 5.74) is 0.713. The Kier molecular flexibility index (Phi) is 4.72. The molecule has 0 radical (unpaired) electrons. The first-order chi connectivity index (χ1) is 9.36. The smallest absolute Gasteiger partial charge is 0.255 e. The van der Waals surface area contributed by atoms with Gasteiger partial charge in [0.2, 0.25) is 0 Å². The van der Waals surface area contributed by atoms with Gasteiger partial charge in [-0.25, -0.2) is 0 Å². The monoisotopic (exact) mass is 463 g/mol. The second kappa shape index (κ2) is 6.15. The lowest BCUT2D eigenvalue weighted by Gasteiger charge is -2.11. The summed E-state index contributed by atoms with van der Waals surface area (Å²) in [4.78, 5) is 12.1. The van der Waals surface area contributed by atoms with Gasteiger partial charge in [-0.3, -0.25) is 4.79 Å². The Morgan fingerprint density at radius 1 is 0.900 bits per heavy atom. The molecular formula is C13H8Br3NO3. The van der Waals surface area contributed by atoms with Gasteiger partial charge >= 0.3 is 0 Å². The highest BCUT2D eigenvalue weighted by Crippen LogP contribution is 2.34. The van der Waals surface area contributed by atoms with Crippen LogP contribution in [0.1, 0.15) is 10.4 Å². The van der Waals surface area contributed by atoms with Crippen LogP contribution in [0.5, 0.6) is 11.5 Å². The van der Waals surface area contributed by atoms with Crippen LogP contribution < -0.4 is 5.32 Å². The number of carbonyl (C=O) groups excluding carboxylic acids is 1. The van der Waals surface area contributed by atoms with Gasteiger partial charge in [0.25, 0.3) is 5.91 Å². The fraction of sp³-hybridized carbons (Fsp3) is 0. The summed E-state index contributed by atoms with van der Waals surface area (Å²) >= 11 is 10.0. The zero-order valence-electron chi connectivity index (χ0n) is 9.82. The zero-order valence-corrected chi connectivity index (χ0v) is 14.6. The highest BCUT2D eigenvalue weighted by Gasteiger charge is 2.13. The summed E-state index contributed by atoms with van der Waals surface area (Å²) < 4.78 is 2.23. The predicted octanol–water partition coefficient (Wildman–Crippen LogP) is 4.64. The molecule has 0 fully saturated rings. The van der Waals surface area contributed by atoms with Gasteiger partial charge in [-0.2, -0.15) is 0 Å². The number of anilines is 1. The number of hydrogen-bond acceptors (Lipinski definition) is 3. The van der Waals surface area contributed by atoms with Gasteiger partial charge in [0, 0.05) is 25.0 Å². The van der Waals surface area contributed by atoms with Gasteiger partial charge in [0.15, 0.2) is 0 Å². The van der Waals surface area contributed by atoms with Crippen molar-refractivity contribution in [1.82, 2.24) is 0 Å². The molecule has 2 rings (SSSR count). The fourth-order valence-corrected chi connectivity index (χ4v) is 4.03. The maximum absolute atomic E-state index is 12.1. The van der Waals surface area contributed by atoms with Crippen molar-refractivity contribution in [1.29, 1.82) is 0 Å². The van der Waals surface area contributed by atoms with Crippen molar-refractivity contribution in [3.63, 3.8) is 0 Å². The van der Waals surface area contributed by atoms with Gasteiger partial charge in [0.1, 0.15) is 11.5 Å². The van der Waals surface area contributed by atoms with E-state index in [1.54, 1.807) is 12.1 Å². The third-order valence-corrected chi connectivity index (χ3v) is 4.12. The molecule has 0 saturated carbocycles. The van der Waals surface area contributed by atoms with Gasteiger partial charge in [-0.05, 0) is 56.1 Å². The number of benzene rings is 2. The van der Waals surface area contributed by atoms with Crippen molar-refractivity contribution in [2.75, 3.05) is 5.32 Å².